The quantitative estimate of drug-likeness (QED) is 0.511. The summed E-state index contributed by atoms with van der Waals surface area (Å²) < 4.78 is 2.98. The summed E-state index contributed by atoms with van der Waals surface area (Å²) >= 11 is 13.7. The predicted molar refractivity (Wildman–Crippen MR) is 118 cm³/mol. The normalized spacial score (nSPS) is 11.0. The lowest BCUT2D eigenvalue weighted by Crippen LogP contribution is -2.25. The molecule has 0 saturated heterocycles. The molecule has 0 aliphatic rings. The van der Waals surface area contributed by atoms with Gasteiger partial charge in [-0.25, -0.2) is 0 Å². The van der Waals surface area contributed by atoms with Crippen molar-refractivity contribution in [2.45, 2.75) is 0 Å². The predicted octanol–water partition coefficient (Wildman–Crippen LogP) is 2.69. The lowest BCUT2D eigenvalue weighted by atomic mass is 10.0. The highest BCUT2D eigenvalue weighted by Gasteiger charge is 2.25. The van der Waals surface area contributed by atoms with Gasteiger partial charge in [-0.2, -0.15) is 14.8 Å². The number of fused-ring (bicyclic) bond motifs is 1. The first-order valence-electron chi connectivity index (χ1n) is 7.82. The van der Waals surface area contributed by atoms with Crippen LogP contribution in [0.1, 0.15) is 10.4 Å². The first-order valence-corrected chi connectivity index (χ1v) is 10.6. The molecule has 26 heavy (non-hydrogen) atoms. The zero-order valence-corrected chi connectivity index (χ0v) is 18.3. The second-order valence-corrected chi connectivity index (χ2v) is 9.27. The van der Waals surface area contributed by atoms with E-state index in [-0.39, 0.29) is 11.7 Å². The van der Waals surface area contributed by atoms with Gasteiger partial charge in [0.2, 0.25) is 0 Å². The fourth-order valence-electron chi connectivity index (χ4n) is 2.04. The van der Waals surface area contributed by atoms with Gasteiger partial charge in [0.25, 0.3) is 0 Å². The molecule has 10 heteroatoms. The SMILES string of the molecule is CN(C)C(=S)SCC(CSC(=S)N(C)C)C(=O)c1cnn2ncccc12. The molecule has 2 aromatic heterocycles. The number of thioether (sulfide) groups is 2. The van der Waals surface area contributed by atoms with E-state index in [4.69, 9.17) is 24.4 Å². The second-order valence-electron chi connectivity index (χ2n) is 5.96. The maximum Gasteiger partial charge on any atom is 0.171 e. The van der Waals surface area contributed by atoms with Crippen molar-refractivity contribution in [3.8, 4) is 0 Å². The highest BCUT2D eigenvalue weighted by Crippen LogP contribution is 2.24. The van der Waals surface area contributed by atoms with Gasteiger partial charge in [-0.1, -0.05) is 48.0 Å². The van der Waals surface area contributed by atoms with Crippen molar-refractivity contribution in [1.29, 1.82) is 0 Å². The zero-order chi connectivity index (χ0) is 19.3. The third-order valence-corrected chi connectivity index (χ3v) is 7.29. The van der Waals surface area contributed by atoms with E-state index in [1.165, 1.54) is 28.2 Å². The fourth-order valence-corrected chi connectivity index (χ4v) is 4.34. The molecule has 0 spiro atoms. The van der Waals surface area contributed by atoms with Crippen molar-refractivity contribution >= 4 is 67.9 Å². The van der Waals surface area contributed by atoms with Crippen molar-refractivity contribution in [1.82, 2.24) is 24.6 Å². The minimum absolute atomic E-state index is 0.0381. The molecule has 6 nitrogen and oxygen atoms in total. The summed E-state index contributed by atoms with van der Waals surface area (Å²) in [6, 6.07) is 3.65. The van der Waals surface area contributed by atoms with E-state index in [9.17, 15) is 4.79 Å². The lowest BCUT2D eigenvalue weighted by molar-refractivity contribution is 0.0946. The summed E-state index contributed by atoms with van der Waals surface area (Å²) in [6.07, 6.45) is 3.23. The summed E-state index contributed by atoms with van der Waals surface area (Å²) in [6.45, 7) is 0. The van der Waals surface area contributed by atoms with E-state index in [2.05, 4.69) is 10.2 Å². The smallest absolute Gasteiger partial charge is 0.171 e. The number of thiocarbonyl (C=S) groups is 2. The number of hydrogen-bond acceptors (Lipinski definition) is 7. The van der Waals surface area contributed by atoms with Crippen LogP contribution in [0, 0.1) is 5.92 Å². The number of rotatable bonds is 6. The number of nitrogens with zero attached hydrogens (tertiary/aromatic N) is 5. The zero-order valence-electron chi connectivity index (χ0n) is 15.1. The molecule has 0 aliphatic heterocycles. The van der Waals surface area contributed by atoms with Gasteiger partial charge in [-0.15, -0.1) is 0 Å². The molecule has 2 aromatic rings. The second kappa shape index (κ2) is 9.63. The number of carbonyl (C=O) groups is 1. The van der Waals surface area contributed by atoms with Crippen molar-refractivity contribution in [3.05, 3.63) is 30.1 Å². The minimum Gasteiger partial charge on any atom is -0.364 e. The number of hydrogen-bond donors (Lipinski definition) is 0. The van der Waals surface area contributed by atoms with Crippen molar-refractivity contribution in [2.24, 2.45) is 5.92 Å². The van der Waals surface area contributed by atoms with E-state index in [1.807, 2.05) is 44.1 Å². The molecule has 0 bridgehead atoms. The maximum atomic E-state index is 13.2. The first-order chi connectivity index (χ1) is 12.3. The van der Waals surface area contributed by atoms with Crippen LogP contribution in [-0.2, 0) is 0 Å². The molecule has 0 N–H and O–H groups in total. The monoisotopic (exact) mass is 427 g/mol. The molecular formula is C16H21N5OS4. The largest absolute Gasteiger partial charge is 0.364 e. The van der Waals surface area contributed by atoms with Gasteiger partial charge in [0.1, 0.15) is 8.64 Å². The van der Waals surface area contributed by atoms with Crippen molar-refractivity contribution < 1.29 is 4.79 Å². The molecule has 0 aromatic carbocycles. The molecule has 0 aliphatic carbocycles. The molecule has 0 radical (unpaired) electrons. The molecular weight excluding hydrogens is 406 g/mol. The van der Waals surface area contributed by atoms with Crippen molar-refractivity contribution in [3.63, 3.8) is 0 Å². The third-order valence-electron chi connectivity index (χ3n) is 3.49. The number of ketones is 1. The van der Waals surface area contributed by atoms with E-state index in [0.29, 0.717) is 22.6 Å². The average molecular weight is 428 g/mol. The Hall–Kier alpha value is -1.23. The molecule has 0 fully saturated rings. The van der Waals surface area contributed by atoms with Crippen LogP contribution in [0.25, 0.3) is 5.52 Å². The van der Waals surface area contributed by atoms with Gasteiger partial charge in [-0.3, -0.25) is 4.79 Å². The Balaban J connectivity index is 2.19. The van der Waals surface area contributed by atoms with Crippen LogP contribution in [0.15, 0.2) is 24.5 Å². The average Bonchev–Trinajstić information content (AvgIpc) is 3.04. The van der Waals surface area contributed by atoms with Gasteiger partial charge < -0.3 is 9.80 Å². The number of Topliss-reactive ketones (excluding diaryl/α,β-unsaturated/α-hetero) is 1. The Bertz CT molecular complexity index is 781. The lowest BCUT2D eigenvalue weighted by Gasteiger charge is -2.19. The number of aromatic nitrogens is 3. The fraction of sp³-hybridized carbons (Fsp3) is 0.438. The van der Waals surface area contributed by atoms with Crippen molar-refractivity contribution in [2.75, 3.05) is 39.7 Å². The summed E-state index contributed by atoms with van der Waals surface area (Å²) in [4.78, 5) is 16.9. The van der Waals surface area contributed by atoms with Gasteiger partial charge in [0.15, 0.2) is 5.78 Å². The van der Waals surface area contributed by atoms with Gasteiger partial charge in [-0.05, 0) is 12.1 Å². The first kappa shape index (κ1) is 21.1. The molecule has 2 heterocycles. The Labute approximate surface area is 172 Å². The van der Waals surface area contributed by atoms with Gasteiger partial charge in [0.05, 0.1) is 17.3 Å². The molecule has 2 rings (SSSR count). The van der Waals surface area contributed by atoms with E-state index >= 15 is 0 Å². The van der Waals surface area contributed by atoms with Crippen LogP contribution in [0.2, 0.25) is 0 Å². The van der Waals surface area contributed by atoms with Gasteiger partial charge in [0, 0.05) is 51.8 Å². The van der Waals surface area contributed by atoms with Crippen LogP contribution in [0.3, 0.4) is 0 Å². The molecule has 0 atom stereocenters. The Morgan fingerprint density at radius 1 is 1.12 bits per heavy atom. The summed E-state index contributed by atoms with van der Waals surface area (Å²) in [5.41, 5.74) is 1.29. The molecule has 0 unspecified atom stereocenters. The highest BCUT2D eigenvalue weighted by atomic mass is 32.2. The van der Waals surface area contributed by atoms with Crippen LogP contribution in [0.5, 0.6) is 0 Å². The van der Waals surface area contributed by atoms with E-state index in [0.717, 1.165) is 8.64 Å². The van der Waals surface area contributed by atoms with Crippen LogP contribution < -0.4 is 0 Å². The Morgan fingerprint density at radius 2 is 1.69 bits per heavy atom. The van der Waals surface area contributed by atoms with E-state index in [1.54, 1.807) is 18.5 Å². The van der Waals surface area contributed by atoms with Crippen LogP contribution in [-0.4, -0.2) is 78.7 Å². The molecule has 140 valence electrons. The Morgan fingerprint density at radius 3 is 2.23 bits per heavy atom. The number of carbonyl (C=O) groups excluding carboxylic acids is 1. The standard InChI is InChI=1S/C16H21N5OS4/c1-19(2)15(23)25-9-11(10-26-16(24)20(3)4)14(22)12-8-18-21-13(12)6-5-7-17-21/h5-8,11H,9-10H2,1-4H3. The Kier molecular flexibility index (Phi) is 7.81. The summed E-state index contributed by atoms with van der Waals surface area (Å²) in [5.74, 6) is 0.998. The maximum absolute atomic E-state index is 13.2. The highest BCUT2D eigenvalue weighted by molar-refractivity contribution is 8.23. The molecule has 0 amide bonds. The summed E-state index contributed by atoms with van der Waals surface area (Å²) in [5, 5.41) is 8.30. The summed E-state index contributed by atoms with van der Waals surface area (Å²) in [7, 11) is 7.61. The van der Waals surface area contributed by atoms with Crippen LogP contribution >= 0.6 is 48.0 Å². The third kappa shape index (κ3) is 5.38. The molecule has 0 saturated carbocycles. The van der Waals surface area contributed by atoms with Gasteiger partial charge >= 0.3 is 0 Å². The van der Waals surface area contributed by atoms with Crippen LogP contribution in [0.4, 0.5) is 0 Å². The topological polar surface area (TPSA) is 53.7 Å². The van der Waals surface area contributed by atoms with E-state index < -0.39 is 0 Å². The minimum atomic E-state index is -0.228.